The summed E-state index contributed by atoms with van der Waals surface area (Å²) in [5, 5.41) is 10.4. The van der Waals surface area contributed by atoms with Crippen molar-refractivity contribution in [2.45, 2.75) is 87.9 Å². The maximum Gasteiger partial charge on any atom is 0.310 e. The molecule has 0 radical (unpaired) electrons. The van der Waals surface area contributed by atoms with Crippen molar-refractivity contribution < 1.29 is 24.2 Å². The molecule has 1 spiro atoms. The average Bonchev–Trinajstić information content (AvgIpc) is 3.44. The molecule has 7 nitrogen and oxygen atoms in total. The van der Waals surface area contributed by atoms with E-state index in [0.29, 0.717) is 19.4 Å². The molecule has 2 bridgehead atoms. The second kappa shape index (κ2) is 10.7. The molecule has 3 fully saturated rings. The van der Waals surface area contributed by atoms with Gasteiger partial charge in [0.15, 0.2) is 0 Å². The summed E-state index contributed by atoms with van der Waals surface area (Å²) < 4.78 is 4.84. The summed E-state index contributed by atoms with van der Waals surface area (Å²) in [6.07, 6.45) is 6.16. The van der Waals surface area contributed by atoms with E-state index >= 15 is 0 Å². The number of hydrogen-bond donors (Lipinski definition) is 1. The van der Waals surface area contributed by atoms with Crippen LogP contribution < -0.4 is 0 Å². The van der Waals surface area contributed by atoms with Gasteiger partial charge < -0.3 is 19.6 Å². The smallest absolute Gasteiger partial charge is 0.310 e. The van der Waals surface area contributed by atoms with Crippen LogP contribution in [0.15, 0.2) is 25.3 Å². The quantitative estimate of drug-likeness (QED) is 0.263. The summed E-state index contributed by atoms with van der Waals surface area (Å²) in [5.74, 6) is -1.90. The van der Waals surface area contributed by atoms with Crippen LogP contribution in [0.3, 0.4) is 0 Å². The topological polar surface area (TPSA) is 87.2 Å². The minimum Gasteiger partial charge on any atom is -0.465 e. The van der Waals surface area contributed by atoms with Crippen molar-refractivity contribution >= 4 is 29.5 Å². The number of carbonyl (C=O) groups is 3. The summed E-state index contributed by atoms with van der Waals surface area (Å²) in [7, 11) is 0. The van der Waals surface area contributed by atoms with Gasteiger partial charge in [-0.05, 0) is 46.0 Å². The van der Waals surface area contributed by atoms with Crippen LogP contribution in [-0.2, 0) is 19.1 Å². The van der Waals surface area contributed by atoms with E-state index in [1.165, 1.54) is 0 Å². The van der Waals surface area contributed by atoms with Gasteiger partial charge in [0.05, 0.1) is 35.8 Å². The fourth-order valence-corrected chi connectivity index (χ4v) is 8.31. The first kappa shape index (κ1) is 27.8. The third kappa shape index (κ3) is 4.68. The molecule has 3 aliphatic rings. The van der Waals surface area contributed by atoms with Crippen LogP contribution in [-0.4, -0.2) is 80.1 Å². The van der Waals surface area contributed by atoms with E-state index < -0.39 is 34.2 Å². The van der Waals surface area contributed by atoms with Gasteiger partial charge in [-0.1, -0.05) is 32.4 Å². The highest BCUT2D eigenvalue weighted by Gasteiger charge is 2.75. The molecule has 3 rings (SSSR count). The Hall–Kier alpha value is -1.80. The van der Waals surface area contributed by atoms with Crippen LogP contribution in [0, 0.1) is 17.8 Å². The Morgan fingerprint density at radius 2 is 2.03 bits per heavy atom. The van der Waals surface area contributed by atoms with Gasteiger partial charge in [0.1, 0.15) is 6.04 Å². The van der Waals surface area contributed by atoms with E-state index in [2.05, 4.69) is 13.2 Å². The lowest BCUT2D eigenvalue weighted by atomic mass is 9.71. The van der Waals surface area contributed by atoms with Gasteiger partial charge in [0.25, 0.3) is 0 Å². The van der Waals surface area contributed by atoms with E-state index in [1.54, 1.807) is 33.7 Å². The highest BCUT2D eigenvalue weighted by Crippen LogP contribution is 2.67. The predicted octanol–water partition coefficient (Wildman–Crippen LogP) is 3.42. The van der Waals surface area contributed by atoms with Crippen LogP contribution in [0.1, 0.15) is 60.3 Å². The molecule has 196 valence electrons. The molecule has 0 aliphatic carbocycles. The number of thioether (sulfide) groups is 1. The minimum absolute atomic E-state index is 0.00263. The number of amides is 2. The van der Waals surface area contributed by atoms with Crippen molar-refractivity contribution in [2.75, 3.05) is 19.8 Å². The molecule has 3 saturated heterocycles. The third-order valence-electron chi connectivity index (χ3n) is 8.04. The van der Waals surface area contributed by atoms with Crippen LogP contribution in [0.25, 0.3) is 0 Å². The number of nitrogens with zero attached hydrogens (tertiary/aromatic N) is 2. The maximum absolute atomic E-state index is 14.3. The summed E-state index contributed by atoms with van der Waals surface area (Å²) in [5.41, 5.74) is -0.482. The number of carbonyl (C=O) groups excluding carboxylic acids is 3. The molecule has 0 aromatic heterocycles. The second-order valence-electron chi connectivity index (χ2n) is 11.1. The maximum atomic E-state index is 14.3. The van der Waals surface area contributed by atoms with E-state index in [9.17, 15) is 19.5 Å². The normalized spacial score (nSPS) is 31.1. The molecule has 7 atom stereocenters. The SMILES string of the molecule is C=CCCOC(=O)[C@@H]1[C@@H]2CCC3(S2)C(C(=O)N(CC=C)C(C)(C)C)N([C@@H](CO)[C@@H](C)CC)C(=O)[C@H]13. The van der Waals surface area contributed by atoms with Crippen LogP contribution in [0.2, 0.25) is 0 Å². The van der Waals surface area contributed by atoms with E-state index in [-0.39, 0.29) is 42.2 Å². The standard InChI is InChI=1S/C27H42N2O5S/c1-8-11-15-34-25(33)20-19-12-13-27(35-19)21(20)23(31)29(18(16-30)17(4)10-3)22(27)24(32)28(14-9-2)26(5,6)7/h8-9,17-22,30H,1-2,10-16H2,3-7H3/t17-,18-,19-,20+,21-,22?,27?/m0/s1. The molecule has 8 heteroatoms. The van der Waals surface area contributed by atoms with Gasteiger partial charge in [-0.15, -0.1) is 24.9 Å². The Morgan fingerprint density at radius 1 is 1.34 bits per heavy atom. The first-order valence-electron chi connectivity index (χ1n) is 12.8. The number of hydrogen-bond acceptors (Lipinski definition) is 6. The van der Waals surface area contributed by atoms with Crippen LogP contribution >= 0.6 is 11.8 Å². The minimum atomic E-state index is -0.744. The number of likely N-dealkylation sites (tertiary alicyclic amines) is 1. The lowest BCUT2D eigenvalue weighted by Gasteiger charge is -2.44. The first-order chi connectivity index (χ1) is 16.5. The molecule has 2 unspecified atom stereocenters. The van der Waals surface area contributed by atoms with E-state index in [0.717, 1.165) is 12.8 Å². The Bertz CT molecular complexity index is 855. The van der Waals surface area contributed by atoms with Crippen molar-refractivity contribution in [3.05, 3.63) is 25.3 Å². The number of esters is 1. The number of aliphatic hydroxyl groups excluding tert-OH is 1. The van der Waals surface area contributed by atoms with Crippen molar-refractivity contribution in [2.24, 2.45) is 17.8 Å². The Balaban J connectivity index is 2.10. The highest BCUT2D eigenvalue weighted by molar-refractivity contribution is 8.02. The predicted molar refractivity (Wildman–Crippen MR) is 139 cm³/mol. The lowest BCUT2D eigenvalue weighted by molar-refractivity contribution is -0.154. The number of aliphatic hydroxyl groups is 1. The molecule has 0 saturated carbocycles. The third-order valence-corrected chi connectivity index (χ3v) is 9.99. The summed E-state index contributed by atoms with van der Waals surface area (Å²) in [6, 6.07) is -1.24. The van der Waals surface area contributed by atoms with Crippen molar-refractivity contribution in [1.82, 2.24) is 9.80 Å². The fourth-order valence-electron chi connectivity index (χ4n) is 6.12. The number of ether oxygens (including phenoxy) is 1. The van der Waals surface area contributed by atoms with Gasteiger partial charge in [0, 0.05) is 17.3 Å². The fraction of sp³-hybridized carbons (Fsp3) is 0.741. The highest BCUT2D eigenvalue weighted by atomic mass is 32.2. The summed E-state index contributed by atoms with van der Waals surface area (Å²) >= 11 is 1.62. The molecular weight excluding hydrogens is 464 g/mol. The van der Waals surface area contributed by atoms with Crippen molar-refractivity contribution in [1.29, 1.82) is 0 Å². The van der Waals surface area contributed by atoms with Crippen molar-refractivity contribution in [3.63, 3.8) is 0 Å². The Morgan fingerprint density at radius 3 is 2.57 bits per heavy atom. The van der Waals surface area contributed by atoms with E-state index in [1.807, 2.05) is 34.6 Å². The first-order valence-corrected chi connectivity index (χ1v) is 13.7. The zero-order chi connectivity index (χ0) is 26.1. The lowest BCUT2D eigenvalue weighted by Crippen LogP contribution is -2.61. The molecular formula is C27H42N2O5S. The molecule has 35 heavy (non-hydrogen) atoms. The van der Waals surface area contributed by atoms with Crippen LogP contribution in [0.5, 0.6) is 0 Å². The summed E-state index contributed by atoms with van der Waals surface area (Å²) in [6.45, 7) is 17.8. The Kier molecular flexibility index (Phi) is 8.47. The van der Waals surface area contributed by atoms with Gasteiger partial charge in [0.2, 0.25) is 11.8 Å². The van der Waals surface area contributed by atoms with E-state index in [4.69, 9.17) is 4.74 Å². The van der Waals surface area contributed by atoms with Gasteiger partial charge in [-0.25, -0.2) is 0 Å². The monoisotopic (exact) mass is 506 g/mol. The summed E-state index contributed by atoms with van der Waals surface area (Å²) in [4.78, 5) is 45.1. The van der Waals surface area contributed by atoms with Gasteiger partial charge in [-0.2, -0.15) is 0 Å². The number of fused-ring (bicyclic) bond motifs is 1. The molecule has 0 aromatic carbocycles. The number of rotatable bonds is 11. The van der Waals surface area contributed by atoms with Gasteiger partial charge >= 0.3 is 5.97 Å². The second-order valence-corrected chi connectivity index (χ2v) is 12.7. The molecule has 3 aliphatic heterocycles. The van der Waals surface area contributed by atoms with Crippen LogP contribution in [0.4, 0.5) is 0 Å². The zero-order valence-corrected chi connectivity index (χ0v) is 22.7. The van der Waals surface area contributed by atoms with Gasteiger partial charge in [-0.3, -0.25) is 14.4 Å². The Labute approximate surface area is 214 Å². The average molecular weight is 507 g/mol. The zero-order valence-electron chi connectivity index (χ0n) is 21.9. The van der Waals surface area contributed by atoms with Crippen molar-refractivity contribution in [3.8, 4) is 0 Å². The molecule has 0 aromatic rings. The molecule has 1 N–H and O–H groups in total. The largest absolute Gasteiger partial charge is 0.465 e. The molecule has 3 heterocycles. The molecule has 2 amide bonds.